The molecule has 1 unspecified atom stereocenters. The molecule has 0 aliphatic carbocycles. The summed E-state index contributed by atoms with van der Waals surface area (Å²) < 4.78 is 0. The van der Waals surface area contributed by atoms with Gasteiger partial charge in [-0.2, -0.15) is 0 Å². The second-order valence-corrected chi connectivity index (χ2v) is 6.71. The van der Waals surface area contributed by atoms with Crippen molar-refractivity contribution in [3.8, 4) is 10.4 Å². The Morgan fingerprint density at radius 1 is 1.23 bits per heavy atom. The molecule has 0 spiro atoms. The number of amides is 1. The molecule has 2 N–H and O–H groups in total. The lowest BCUT2D eigenvalue weighted by Gasteiger charge is -2.23. The molecule has 2 heterocycles. The maximum absolute atomic E-state index is 12.3. The third-order valence-electron chi connectivity index (χ3n) is 3.59. The molecule has 1 aromatic carbocycles. The number of hydrogen-bond acceptors (Lipinski definition) is 3. The zero-order valence-electron chi connectivity index (χ0n) is 12.0. The standard InChI is InChI=1S/C16H17ClN2OS.ClH/c17-12-5-3-11(4-6-12)14-7-8-15(21-14)16(20)19-13-2-1-9-18-10-13;/h3-8,13,18H,1-2,9-10H2,(H,19,20);1H. The molecule has 0 radical (unpaired) electrons. The van der Waals surface area contributed by atoms with E-state index in [0.717, 1.165) is 46.3 Å². The first-order chi connectivity index (χ1) is 10.2. The number of hydrogen-bond donors (Lipinski definition) is 2. The molecule has 1 amide bonds. The Balaban J connectivity index is 0.00000176. The minimum atomic E-state index is 0. The van der Waals surface area contributed by atoms with Gasteiger partial charge in [0, 0.05) is 22.5 Å². The molecule has 1 atom stereocenters. The van der Waals surface area contributed by atoms with Crippen LogP contribution in [0.25, 0.3) is 10.4 Å². The topological polar surface area (TPSA) is 41.1 Å². The highest BCUT2D eigenvalue weighted by Crippen LogP contribution is 2.29. The van der Waals surface area contributed by atoms with Crippen molar-refractivity contribution in [2.24, 2.45) is 0 Å². The molecule has 1 saturated heterocycles. The number of carbonyl (C=O) groups excluding carboxylic acids is 1. The fourth-order valence-electron chi connectivity index (χ4n) is 2.46. The molecule has 0 bridgehead atoms. The van der Waals surface area contributed by atoms with Crippen molar-refractivity contribution >= 4 is 41.3 Å². The van der Waals surface area contributed by atoms with Gasteiger partial charge in [-0.25, -0.2) is 0 Å². The largest absolute Gasteiger partial charge is 0.347 e. The van der Waals surface area contributed by atoms with Crippen LogP contribution >= 0.6 is 35.3 Å². The van der Waals surface area contributed by atoms with Gasteiger partial charge in [0.1, 0.15) is 0 Å². The summed E-state index contributed by atoms with van der Waals surface area (Å²) >= 11 is 7.41. The van der Waals surface area contributed by atoms with Crippen LogP contribution in [0.5, 0.6) is 0 Å². The van der Waals surface area contributed by atoms with Crippen molar-refractivity contribution in [3.05, 3.63) is 46.3 Å². The number of halogens is 2. The lowest BCUT2D eigenvalue weighted by Crippen LogP contribution is -2.45. The Hall–Kier alpha value is -1.07. The maximum atomic E-state index is 12.3. The van der Waals surface area contributed by atoms with E-state index in [1.165, 1.54) is 11.3 Å². The molecular weight excluding hydrogens is 339 g/mol. The summed E-state index contributed by atoms with van der Waals surface area (Å²) in [5.74, 6) is 0.0221. The SMILES string of the molecule is Cl.O=C(NC1CCCNC1)c1ccc(-c2ccc(Cl)cc2)s1. The number of carbonyl (C=O) groups is 1. The van der Waals surface area contributed by atoms with Crippen LogP contribution in [-0.2, 0) is 0 Å². The number of nitrogens with one attached hydrogen (secondary N) is 2. The van der Waals surface area contributed by atoms with E-state index >= 15 is 0 Å². The molecule has 118 valence electrons. The van der Waals surface area contributed by atoms with Crippen LogP contribution in [-0.4, -0.2) is 25.0 Å². The molecule has 1 fully saturated rings. The summed E-state index contributed by atoms with van der Waals surface area (Å²) in [6.07, 6.45) is 2.17. The van der Waals surface area contributed by atoms with E-state index in [-0.39, 0.29) is 24.4 Å². The highest BCUT2D eigenvalue weighted by atomic mass is 35.5. The Labute approximate surface area is 145 Å². The van der Waals surface area contributed by atoms with Crippen LogP contribution in [0.3, 0.4) is 0 Å². The molecule has 2 aromatic rings. The van der Waals surface area contributed by atoms with Gasteiger partial charge >= 0.3 is 0 Å². The first kappa shape index (κ1) is 17.3. The van der Waals surface area contributed by atoms with Gasteiger partial charge in [-0.1, -0.05) is 23.7 Å². The first-order valence-electron chi connectivity index (χ1n) is 7.10. The summed E-state index contributed by atoms with van der Waals surface area (Å²) in [5.41, 5.74) is 1.09. The van der Waals surface area contributed by atoms with Crippen LogP contribution in [0.2, 0.25) is 5.02 Å². The summed E-state index contributed by atoms with van der Waals surface area (Å²) in [6, 6.07) is 11.8. The minimum absolute atomic E-state index is 0. The summed E-state index contributed by atoms with van der Waals surface area (Å²) in [6.45, 7) is 1.91. The zero-order valence-corrected chi connectivity index (χ0v) is 14.4. The van der Waals surface area contributed by atoms with E-state index < -0.39 is 0 Å². The molecular formula is C16H18Cl2N2OS. The number of thiophene rings is 1. The number of rotatable bonds is 3. The van der Waals surface area contributed by atoms with Crippen molar-refractivity contribution in [1.82, 2.24) is 10.6 Å². The summed E-state index contributed by atoms with van der Waals surface area (Å²) in [7, 11) is 0. The Morgan fingerprint density at radius 3 is 2.68 bits per heavy atom. The Morgan fingerprint density at radius 2 is 2.00 bits per heavy atom. The van der Waals surface area contributed by atoms with Crippen LogP contribution < -0.4 is 10.6 Å². The maximum Gasteiger partial charge on any atom is 0.261 e. The zero-order chi connectivity index (χ0) is 14.7. The number of benzene rings is 1. The molecule has 1 aliphatic heterocycles. The van der Waals surface area contributed by atoms with Gasteiger partial charge in [-0.3, -0.25) is 4.79 Å². The summed E-state index contributed by atoms with van der Waals surface area (Å²) in [5, 5.41) is 7.12. The van der Waals surface area contributed by atoms with Crippen LogP contribution in [0, 0.1) is 0 Å². The van der Waals surface area contributed by atoms with Gasteiger partial charge in [-0.05, 0) is 49.2 Å². The highest BCUT2D eigenvalue weighted by molar-refractivity contribution is 7.17. The first-order valence-corrected chi connectivity index (χ1v) is 8.29. The van der Waals surface area contributed by atoms with E-state index in [0.29, 0.717) is 0 Å². The molecule has 6 heteroatoms. The molecule has 1 aromatic heterocycles. The summed E-state index contributed by atoms with van der Waals surface area (Å²) in [4.78, 5) is 14.1. The fraction of sp³-hybridized carbons (Fsp3) is 0.312. The Bertz CT molecular complexity index is 621. The average molecular weight is 357 g/mol. The van der Waals surface area contributed by atoms with Crippen molar-refractivity contribution in [2.45, 2.75) is 18.9 Å². The van der Waals surface area contributed by atoms with Crippen molar-refractivity contribution < 1.29 is 4.79 Å². The predicted molar refractivity (Wildman–Crippen MR) is 95.4 cm³/mol. The normalized spacial score (nSPS) is 17.6. The lowest BCUT2D eigenvalue weighted by molar-refractivity contribution is 0.0935. The van der Waals surface area contributed by atoms with E-state index in [1.54, 1.807) is 0 Å². The predicted octanol–water partition coefficient (Wildman–Crippen LogP) is 3.97. The fourth-order valence-corrected chi connectivity index (χ4v) is 3.50. The quantitative estimate of drug-likeness (QED) is 0.873. The van der Waals surface area contributed by atoms with E-state index in [2.05, 4.69) is 10.6 Å². The van der Waals surface area contributed by atoms with E-state index in [4.69, 9.17) is 11.6 Å². The van der Waals surface area contributed by atoms with Gasteiger partial charge in [-0.15, -0.1) is 23.7 Å². The van der Waals surface area contributed by atoms with Gasteiger partial charge < -0.3 is 10.6 Å². The second-order valence-electron chi connectivity index (χ2n) is 5.19. The minimum Gasteiger partial charge on any atom is -0.347 e. The van der Waals surface area contributed by atoms with Crippen molar-refractivity contribution in [2.75, 3.05) is 13.1 Å². The van der Waals surface area contributed by atoms with Gasteiger partial charge in [0.25, 0.3) is 5.91 Å². The van der Waals surface area contributed by atoms with Crippen LogP contribution in [0.15, 0.2) is 36.4 Å². The van der Waals surface area contributed by atoms with Crippen molar-refractivity contribution in [3.63, 3.8) is 0 Å². The van der Waals surface area contributed by atoms with Gasteiger partial charge in [0.05, 0.1) is 4.88 Å². The number of piperidine rings is 1. The van der Waals surface area contributed by atoms with Crippen LogP contribution in [0.4, 0.5) is 0 Å². The average Bonchev–Trinajstić information content (AvgIpc) is 2.99. The van der Waals surface area contributed by atoms with Gasteiger partial charge in [0.2, 0.25) is 0 Å². The molecule has 22 heavy (non-hydrogen) atoms. The Kier molecular flexibility index (Phi) is 6.26. The monoisotopic (exact) mass is 356 g/mol. The third kappa shape index (κ3) is 4.23. The van der Waals surface area contributed by atoms with E-state index in [9.17, 15) is 4.79 Å². The molecule has 1 aliphatic rings. The molecule has 0 saturated carbocycles. The lowest BCUT2D eigenvalue weighted by atomic mass is 10.1. The van der Waals surface area contributed by atoms with Gasteiger partial charge in [0.15, 0.2) is 0 Å². The van der Waals surface area contributed by atoms with E-state index in [1.807, 2.05) is 36.4 Å². The van der Waals surface area contributed by atoms with Crippen molar-refractivity contribution in [1.29, 1.82) is 0 Å². The third-order valence-corrected chi connectivity index (χ3v) is 4.98. The molecule has 3 nitrogen and oxygen atoms in total. The highest BCUT2D eigenvalue weighted by Gasteiger charge is 2.17. The van der Waals surface area contributed by atoms with Crippen LogP contribution in [0.1, 0.15) is 22.5 Å². The smallest absolute Gasteiger partial charge is 0.261 e. The second kappa shape index (κ2) is 7.97. The molecule has 3 rings (SSSR count).